The van der Waals surface area contributed by atoms with Crippen LogP contribution in [0.1, 0.15) is 0 Å². The molecule has 108 valence electrons. The first-order chi connectivity index (χ1) is 9.83. The number of anilines is 1. The minimum absolute atomic E-state index is 0.492. The van der Waals surface area contributed by atoms with Crippen LogP contribution < -0.4 is 19.7 Å². The summed E-state index contributed by atoms with van der Waals surface area (Å²) in [5.74, 6) is 1.61. The van der Waals surface area contributed by atoms with Gasteiger partial charge in [-0.2, -0.15) is 0 Å². The smallest absolute Gasteiger partial charge is 0.125 e. The topological polar surface area (TPSA) is 33.7 Å². The Morgan fingerprint density at radius 1 is 1.00 bits per heavy atom. The molecule has 0 radical (unpaired) electrons. The molecule has 0 spiro atoms. The van der Waals surface area contributed by atoms with E-state index in [-0.39, 0.29) is 0 Å². The number of hydrogen-bond donors (Lipinski definition) is 1. The molecular weight excluding hydrogens is 252 g/mol. The van der Waals surface area contributed by atoms with Gasteiger partial charge < -0.3 is 19.7 Å². The van der Waals surface area contributed by atoms with Crippen molar-refractivity contribution in [2.24, 2.45) is 0 Å². The minimum Gasteiger partial charge on any atom is -0.489 e. The maximum absolute atomic E-state index is 5.64. The predicted molar refractivity (Wildman–Crippen MR) is 82.9 cm³/mol. The SMILES string of the molecule is C=CCOc1cc(OCC=C)cc(N2CCNCC2)c1. The van der Waals surface area contributed by atoms with Crippen molar-refractivity contribution in [3.63, 3.8) is 0 Å². The summed E-state index contributed by atoms with van der Waals surface area (Å²) in [5, 5.41) is 3.35. The Kier molecular flexibility index (Phi) is 5.50. The van der Waals surface area contributed by atoms with Gasteiger partial charge in [-0.05, 0) is 0 Å². The zero-order valence-corrected chi connectivity index (χ0v) is 11.8. The lowest BCUT2D eigenvalue weighted by atomic mass is 10.2. The Balaban J connectivity index is 2.18. The summed E-state index contributed by atoms with van der Waals surface area (Å²) in [5.41, 5.74) is 1.13. The van der Waals surface area contributed by atoms with E-state index in [0.29, 0.717) is 13.2 Å². The summed E-state index contributed by atoms with van der Waals surface area (Å²) in [6.45, 7) is 12.3. The van der Waals surface area contributed by atoms with Crippen molar-refractivity contribution in [2.75, 3.05) is 44.3 Å². The van der Waals surface area contributed by atoms with Gasteiger partial charge in [0.25, 0.3) is 0 Å². The molecule has 0 atom stereocenters. The molecule has 1 fully saturated rings. The van der Waals surface area contributed by atoms with Gasteiger partial charge in [-0.1, -0.05) is 25.3 Å². The number of benzene rings is 1. The second-order valence-corrected chi connectivity index (χ2v) is 4.60. The second-order valence-electron chi connectivity index (χ2n) is 4.60. The first-order valence-corrected chi connectivity index (χ1v) is 6.91. The molecule has 1 aliphatic heterocycles. The van der Waals surface area contributed by atoms with Gasteiger partial charge in [-0.15, -0.1) is 0 Å². The van der Waals surface area contributed by atoms with Crippen LogP contribution in [0, 0.1) is 0 Å². The molecule has 1 aromatic rings. The van der Waals surface area contributed by atoms with E-state index in [9.17, 15) is 0 Å². The van der Waals surface area contributed by atoms with Crippen LogP contribution >= 0.6 is 0 Å². The van der Waals surface area contributed by atoms with Crippen molar-refractivity contribution < 1.29 is 9.47 Å². The van der Waals surface area contributed by atoms with E-state index < -0.39 is 0 Å². The van der Waals surface area contributed by atoms with Gasteiger partial charge in [-0.3, -0.25) is 0 Å². The molecule has 0 amide bonds. The lowest BCUT2D eigenvalue weighted by molar-refractivity contribution is 0.345. The molecule has 1 aliphatic rings. The molecule has 20 heavy (non-hydrogen) atoms. The number of hydrogen-bond acceptors (Lipinski definition) is 4. The average molecular weight is 274 g/mol. The minimum atomic E-state index is 0.492. The van der Waals surface area contributed by atoms with E-state index in [2.05, 4.69) is 35.5 Å². The Labute approximate surface area is 120 Å². The van der Waals surface area contributed by atoms with Crippen LogP contribution in [0.25, 0.3) is 0 Å². The molecule has 1 aromatic carbocycles. The predicted octanol–water partition coefficient (Wildman–Crippen LogP) is 2.23. The molecule has 0 bridgehead atoms. The zero-order chi connectivity index (χ0) is 14.2. The fraction of sp³-hybridized carbons (Fsp3) is 0.375. The Morgan fingerprint density at radius 3 is 2.05 bits per heavy atom. The lowest BCUT2D eigenvalue weighted by Crippen LogP contribution is -2.43. The third-order valence-electron chi connectivity index (χ3n) is 3.08. The van der Waals surface area contributed by atoms with Gasteiger partial charge in [0.05, 0.1) is 0 Å². The summed E-state index contributed by atoms with van der Waals surface area (Å²) < 4.78 is 11.3. The highest BCUT2D eigenvalue weighted by Crippen LogP contribution is 2.29. The van der Waals surface area contributed by atoms with Crippen LogP contribution in [0.4, 0.5) is 5.69 Å². The van der Waals surface area contributed by atoms with Crippen molar-refractivity contribution in [3.8, 4) is 11.5 Å². The van der Waals surface area contributed by atoms with Crippen LogP contribution in [0.5, 0.6) is 11.5 Å². The summed E-state index contributed by atoms with van der Waals surface area (Å²) in [6.07, 6.45) is 3.48. The molecule has 0 aliphatic carbocycles. The molecule has 0 unspecified atom stereocenters. The third kappa shape index (κ3) is 4.03. The Morgan fingerprint density at radius 2 is 1.55 bits per heavy atom. The summed E-state index contributed by atoms with van der Waals surface area (Å²) in [4.78, 5) is 2.33. The average Bonchev–Trinajstić information content (AvgIpc) is 2.51. The molecule has 1 heterocycles. The highest BCUT2D eigenvalue weighted by Gasteiger charge is 2.13. The van der Waals surface area contributed by atoms with Crippen LogP contribution in [0.3, 0.4) is 0 Å². The maximum Gasteiger partial charge on any atom is 0.125 e. The number of nitrogens with one attached hydrogen (secondary N) is 1. The van der Waals surface area contributed by atoms with Crippen molar-refractivity contribution >= 4 is 5.69 Å². The van der Waals surface area contributed by atoms with Gasteiger partial charge in [0.1, 0.15) is 24.7 Å². The molecule has 1 N–H and O–H groups in total. The van der Waals surface area contributed by atoms with Crippen LogP contribution in [-0.2, 0) is 0 Å². The first kappa shape index (κ1) is 14.5. The van der Waals surface area contributed by atoms with Crippen molar-refractivity contribution in [2.45, 2.75) is 0 Å². The maximum atomic E-state index is 5.64. The van der Waals surface area contributed by atoms with Crippen molar-refractivity contribution in [3.05, 3.63) is 43.5 Å². The second kappa shape index (κ2) is 7.60. The summed E-state index contributed by atoms with van der Waals surface area (Å²) in [7, 11) is 0. The molecule has 0 saturated carbocycles. The van der Waals surface area contributed by atoms with E-state index in [4.69, 9.17) is 9.47 Å². The first-order valence-electron chi connectivity index (χ1n) is 6.91. The molecule has 4 heteroatoms. The molecule has 1 saturated heterocycles. The normalized spacial score (nSPS) is 14.7. The van der Waals surface area contributed by atoms with E-state index in [1.165, 1.54) is 0 Å². The third-order valence-corrected chi connectivity index (χ3v) is 3.08. The van der Waals surface area contributed by atoms with Crippen molar-refractivity contribution in [1.82, 2.24) is 5.32 Å². The zero-order valence-electron chi connectivity index (χ0n) is 11.8. The largest absolute Gasteiger partial charge is 0.489 e. The van der Waals surface area contributed by atoms with E-state index >= 15 is 0 Å². The van der Waals surface area contributed by atoms with Gasteiger partial charge in [0.2, 0.25) is 0 Å². The van der Waals surface area contributed by atoms with Crippen LogP contribution in [0.2, 0.25) is 0 Å². The van der Waals surface area contributed by atoms with Gasteiger partial charge >= 0.3 is 0 Å². The van der Waals surface area contributed by atoms with Crippen LogP contribution in [0.15, 0.2) is 43.5 Å². The van der Waals surface area contributed by atoms with Gasteiger partial charge in [0, 0.05) is 50.1 Å². The van der Waals surface area contributed by atoms with E-state index in [0.717, 1.165) is 43.4 Å². The fourth-order valence-corrected chi connectivity index (χ4v) is 2.14. The molecule has 2 rings (SSSR count). The fourth-order valence-electron chi connectivity index (χ4n) is 2.14. The standard InChI is InChI=1S/C16H22N2O2/c1-3-9-19-15-11-14(18-7-5-17-6-8-18)12-16(13-15)20-10-4-2/h3-4,11-13,17H,1-2,5-10H2. The van der Waals surface area contributed by atoms with E-state index in [1.807, 2.05) is 6.07 Å². The monoisotopic (exact) mass is 274 g/mol. The summed E-state index contributed by atoms with van der Waals surface area (Å²) >= 11 is 0. The highest BCUT2D eigenvalue weighted by molar-refractivity contribution is 5.56. The van der Waals surface area contributed by atoms with Gasteiger partial charge in [-0.25, -0.2) is 0 Å². The lowest BCUT2D eigenvalue weighted by Gasteiger charge is -2.30. The summed E-state index contributed by atoms with van der Waals surface area (Å²) in [6, 6.07) is 6.00. The number of nitrogens with zero attached hydrogens (tertiary/aromatic N) is 1. The van der Waals surface area contributed by atoms with Gasteiger partial charge in [0.15, 0.2) is 0 Å². The van der Waals surface area contributed by atoms with E-state index in [1.54, 1.807) is 12.2 Å². The molecule has 4 nitrogen and oxygen atoms in total. The Hall–Kier alpha value is -1.94. The number of rotatable bonds is 7. The quantitative estimate of drug-likeness (QED) is 0.773. The number of ether oxygens (including phenoxy) is 2. The molecular formula is C16H22N2O2. The molecule has 0 aromatic heterocycles. The van der Waals surface area contributed by atoms with Crippen LogP contribution in [-0.4, -0.2) is 39.4 Å². The Bertz CT molecular complexity index is 424. The number of piperazine rings is 1. The highest BCUT2D eigenvalue weighted by atomic mass is 16.5. The van der Waals surface area contributed by atoms with Crippen molar-refractivity contribution in [1.29, 1.82) is 0 Å².